The van der Waals surface area contributed by atoms with Crippen molar-refractivity contribution in [2.24, 2.45) is 5.73 Å². The second kappa shape index (κ2) is 5.19. The maximum absolute atomic E-state index is 5.96. The molecule has 0 amide bonds. The molecule has 2 aromatic rings. The van der Waals surface area contributed by atoms with Gasteiger partial charge in [-0.2, -0.15) is 0 Å². The van der Waals surface area contributed by atoms with Crippen molar-refractivity contribution in [3.05, 3.63) is 58.4 Å². The molecule has 2 N–H and O–H groups in total. The summed E-state index contributed by atoms with van der Waals surface area (Å²) in [7, 11) is 0. The molecule has 1 aliphatic carbocycles. The van der Waals surface area contributed by atoms with E-state index in [0.29, 0.717) is 17.5 Å². The van der Waals surface area contributed by atoms with Crippen molar-refractivity contribution in [2.75, 3.05) is 0 Å². The fraction of sp³-hybridized carbons (Fsp3) is 0.267. The Balaban J connectivity index is 1.72. The molecule has 0 unspecified atom stereocenters. The summed E-state index contributed by atoms with van der Waals surface area (Å²) in [5.74, 6) is 0.612. The zero-order valence-electron chi connectivity index (χ0n) is 10.5. The van der Waals surface area contributed by atoms with E-state index in [-0.39, 0.29) is 6.04 Å². The van der Waals surface area contributed by atoms with E-state index in [0.717, 1.165) is 18.4 Å². The predicted molar refractivity (Wildman–Crippen MR) is 75.4 cm³/mol. The molecule has 4 heteroatoms. The minimum absolute atomic E-state index is 0.263. The molecule has 19 heavy (non-hydrogen) atoms. The summed E-state index contributed by atoms with van der Waals surface area (Å²) in [6.07, 6.45) is 3.58. The average molecular weight is 275 g/mol. The van der Waals surface area contributed by atoms with Gasteiger partial charge in [-0.1, -0.05) is 29.8 Å². The Morgan fingerprint density at radius 3 is 2.95 bits per heavy atom. The topological polar surface area (TPSA) is 48.1 Å². The van der Waals surface area contributed by atoms with E-state index in [1.807, 2.05) is 12.1 Å². The van der Waals surface area contributed by atoms with Crippen LogP contribution >= 0.6 is 11.6 Å². The molecule has 1 heterocycles. The lowest BCUT2D eigenvalue weighted by molar-refractivity contribution is 0.305. The first-order valence-corrected chi connectivity index (χ1v) is 6.70. The number of ether oxygens (including phenoxy) is 1. The minimum atomic E-state index is 0.263. The number of hydrogen-bond donors (Lipinski definition) is 1. The van der Waals surface area contributed by atoms with E-state index in [9.17, 15) is 0 Å². The van der Waals surface area contributed by atoms with Gasteiger partial charge in [0.05, 0.1) is 0 Å². The van der Waals surface area contributed by atoms with Crippen LogP contribution in [-0.2, 0) is 19.4 Å². The largest absolute Gasteiger partial charge is 0.486 e. The highest BCUT2D eigenvalue weighted by Crippen LogP contribution is 2.25. The lowest BCUT2D eigenvalue weighted by atomic mass is 10.1. The molecular weight excluding hydrogens is 260 g/mol. The van der Waals surface area contributed by atoms with E-state index in [4.69, 9.17) is 22.1 Å². The molecule has 0 aliphatic heterocycles. The first kappa shape index (κ1) is 12.5. The van der Waals surface area contributed by atoms with Gasteiger partial charge in [0, 0.05) is 12.2 Å². The molecule has 3 rings (SSSR count). The Hall–Kier alpha value is -1.58. The normalized spacial score (nSPS) is 17.3. The van der Waals surface area contributed by atoms with Gasteiger partial charge in [0.1, 0.15) is 6.61 Å². The van der Waals surface area contributed by atoms with Gasteiger partial charge < -0.3 is 10.5 Å². The Kier molecular flexibility index (Phi) is 3.40. The molecule has 0 radical (unpaired) electrons. The van der Waals surface area contributed by atoms with Crippen LogP contribution in [0.4, 0.5) is 0 Å². The molecule has 1 aliphatic rings. The SMILES string of the molecule is N[C@H]1Cc2ccc(COc3cccnc3Cl)cc2C1. The Labute approximate surface area is 117 Å². The molecule has 0 fully saturated rings. The highest BCUT2D eigenvalue weighted by atomic mass is 35.5. The number of rotatable bonds is 3. The summed E-state index contributed by atoms with van der Waals surface area (Å²) in [5, 5.41) is 0.394. The number of benzene rings is 1. The summed E-state index contributed by atoms with van der Waals surface area (Å²) in [6, 6.07) is 10.3. The molecule has 1 atom stereocenters. The monoisotopic (exact) mass is 274 g/mol. The van der Waals surface area contributed by atoms with E-state index < -0.39 is 0 Å². The molecule has 1 aromatic heterocycles. The van der Waals surface area contributed by atoms with Crippen LogP contribution < -0.4 is 10.5 Å². The summed E-state index contributed by atoms with van der Waals surface area (Å²) in [5.41, 5.74) is 9.79. The number of halogens is 1. The van der Waals surface area contributed by atoms with Gasteiger partial charge in [0.2, 0.25) is 0 Å². The zero-order chi connectivity index (χ0) is 13.2. The molecule has 3 nitrogen and oxygen atoms in total. The van der Waals surface area contributed by atoms with Crippen LogP contribution in [0.3, 0.4) is 0 Å². The first-order chi connectivity index (χ1) is 9.22. The van der Waals surface area contributed by atoms with Crippen LogP contribution in [0, 0.1) is 0 Å². The molecule has 0 bridgehead atoms. The summed E-state index contributed by atoms with van der Waals surface area (Å²) in [6.45, 7) is 0.494. The van der Waals surface area contributed by atoms with Gasteiger partial charge >= 0.3 is 0 Å². The molecule has 0 spiro atoms. The summed E-state index contributed by atoms with van der Waals surface area (Å²) in [4.78, 5) is 3.98. The standard InChI is InChI=1S/C15H15ClN2O/c16-15-14(2-1-5-18-15)19-9-10-3-4-11-7-13(17)8-12(11)6-10/h1-6,13H,7-9,17H2/t13-/m0/s1. The van der Waals surface area contributed by atoms with Gasteiger partial charge in [-0.25, -0.2) is 4.98 Å². The minimum Gasteiger partial charge on any atom is -0.486 e. The second-order valence-corrected chi connectivity index (χ2v) is 5.21. The number of aromatic nitrogens is 1. The van der Waals surface area contributed by atoms with Crippen molar-refractivity contribution in [3.63, 3.8) is 0 Å². The third-order valence-corrected chi connectivity index (χ3v) is 3.64. The van der Waals surface area contributed by atoms with Crippen molar-refractivity contribution in [3.8, 4) is 5.75 Å². The fourth-order valence-corrected chi connectivity index (χ4v) is 2.61. The summed E-state index contributed by atoms with van der Waals surface area (Å²) < 4.78 is 5.68. The zero-order valence-corrected chi connectivity index (χ0v) is 11.2. The molecule has 0 saturated heterocycles. The van der Waals surface area contributed by atoms with Crippen molar-refractivity contribution in [1.29, 1.82) is 0 Å². The third kappa shape index (κ3) is 2.72. The van der Waals surface area contributed by atoms with E-state index in [2.05, 4.69) is 23.2 Å². The van der Waals surface area contributed by atoms with Crippen LogP contribution in [0.15, 0.2) is 36.5 Å². The van der Waals surface area contributed by atoms with Gasteiger partial charge in [0.25, 0.3) is 0 Å². The van der Waals surface area contributed by atoms with Crippen LogP contribution in [-0.4, -0.2) is 11.0 Å². The number of hydrogen-bond acceptors (Lipinski definition) is 3. The molecular formula is C15H15ClN2O. The lowest BCUT2D eigenvalue weighted by Crippen LogP contribution is -2.18. The van der Waals surface area contributed by atoms with Crippen molar-refractivity contribution >= 4 is 11.6 Å². The second-order valence-electron chi connectivity index (χ2n) is 4.85. The van der Waals surface area contributed by atoms with Crippen molar-refractivity contribution in [2.45, 2.75) is 25.5 Å². The van der Waals surface area contributed by atoms with Gasteiger partial charge in [-0.3, -0.25) is 0 Å². The number of fused-ring (bicyclic) bond motifs is 1. The molecule has 1 aromatic carbocycles. The highest BCUT2D eigenvalue weighted by Gasteiger charge is 2.18. The third-order valence-electron chi connectivity index (χ3n) is 3.35. The summed E-state index contributed by atoms with van der Waals surface area (Å²) >= 11 is 5.95. The van der Waals surface area contributed by atoms with E-state index >= 15 is 0 Å². The average Bonchev–Trinajstić information content (AvgIpc) is 2.77. The maximum atomic E-state index is 5.96. The number of nitrogens with zero attached hydrogens (tertiary/aromatic N) is 1. The van der Waals surface area contributed by atoms with Crippen LogP contribution in [0.25, 0.3) is 0 Å². The van der Waals surface area contributed by atoms with Crippen LogP contribution in [0.5, 0.6) is 5.75 Å². The van der Waals surface area contributed by atoms with Crippen molar-refractivity contribution in [1.82, 2.24) is 4.98 Å². The van der Waals surface area contributed by atoms with Gasteiger partial charge in [-0.15, -0.1) is 0 Å². The predicted octanol–water partition coefficient (Wildman–Crippen LogP) is 2.74. The Bertz CT molecular complexity index is 600. The number of pyridine rings is 1. The lowest BCUT2D eigenvalue weighted by Gasteiger charge is -2.08. The first-order valence-electron chi connectivity index (χ1n) is 6.32. The highest BCUT2D eigenvalue weighted by molar-refractivity contribution is 6.30. The quantitative estimate of drug-likeness (QED) is 0.876. The van der Waals surface area contributed by atoms with Gasteiger partial charge in [-0.05, 0) is 41.7 Å². The van der Waals surface area contributed by atoms with E-state index in [1.54, 1.807) is 6.20 Å². The Morgan fingerprint density at radius 1 is 1.26 bits per heavy atom. The molecule has 0 saturated carbocycles. The molecule has 98 valence electrons. The Morgan fingerprint density at radius 2 is 2.11 bits per heavy atom. The van der Waals surface area contributed by atoms with E-state index in [1.165, 1.54) is 11.1 Å². The van der Waals surface area contributed by atoms with Crippen LogP contribution in [0.2, 0.25) is 5.15 Å². The fourth-order valence-electron chi connectivity index (χ4n) is 2.44. The van der Waals surface area contributed by atoms with Crippen molar-refractivity contribution < 1.29 is 4.74 Å². The smallest absolute Gasteiger partial charge is 0.171 e. The number of nitrogens with two attached hydrogens (primary N) is 1. The van der Waals surface area contributed by atoms with Gasteiger partial charge in [0.15, 0.2) is 10.9 Å². The maximum Gasteiger partial charge on any atom is 0.171 e. The van der Waals surface area contributed by atoms with Crippen LogP contribution in [0.1, 0.15) is 16.7 Å².